The molecule has 38 heavy (non-hydrogen) atoms. The van der Waals surface area contributed by atoms with Crippen LogP contribution in [0.4, 0.5) is 4.79 Å². The maximum Gasteiger partial charge on any atom is 0.408 e. The Bertz CT molecular complexity index is 1150. The average molecular weight is 521 g/mol. The van der Waals surface area contributed by atoms with Gasteiger partial charge in [0.25, 0.3) is 0 Å². The third-order valence-corrected chi connectivity index (χ3v) is 5.67. The van der Waals surface area contributed by atoms with Crippen LogP contribution in [0.3, 0.4) is 0 Å². The first-order valence-corrected chi connectivity index (χ1v) is 12.7. The van der Waals surface area contributed by atoms with Crippen LogP contribution in [0.15, 0.2) is 48.5 Å². The van der Waals surface area contributed by atoms with Crippen LogP contribution in [0.2, 0.25) is 0 Å². The van der Waals surface area contributed by atoms with Crippen molar-refractivity contribution in [2.75, 3.05) is 6.54 Å². The Kier molecular flexibility index (Phi) is 10.1. The van der Waals surface area contributed by atoms with Crippen molar-refractivity contribution in [3.63, 3.8) is 0 Å². The number of benzene rings is 2. The molecule has 0 fully saturated rings. The Morgan fingerprint density at radius 3 is 2.03 bits per heavy atom. The van der Waals surface area contributed by atoms with E-state index >= 15 is 0 Å². The van der Waals surface area contributed by atoms with Crippen LogP contribution in [-0.4, -0.2) is 46.5 Å². The Morgan fingerprint density at radius 2 is 1.53 bits per heavy atom. The topological polar surface area (TPSA) is 112 Å². The molecule has 0 aliphatic carbocycles. The van der Waals surface area contributed by atoms with E-state index in [1.807, 2.05) is 89.2 Å². The number of carbonyl (C=O) groups excluding carboxylic acids is 3. The van der Waals surface area contributed by atoms with Gasteiger partial charge in [-0.25, -0.2) is 4.79 Å². The average Bonchev–Trinajstić information content (AvgIpc) is 2.78. The molecule has 8 heteroatoms. The van der Waals surface area contributed by atoms with Crippen LogP contribution in [0.5, 0.6) is 0 Å². The van der Waals surface area contributed by atoms with Crippen molar-refractivity contribution in [3.05, 3.63) is 70.8 Å². The number of hydrogen-bond acceptors (Lipinski definition) is 5. The Morgan fingerprint density at radius 1 is 0.947 bits per heavy atom. The lowest BCUT2D eigenvalue weighted by Crippen LogP contribution is -2.55. The molecule has 0 bridgehead atoms. The van der Waals surface area contributed by atoms with Crippen LogP contribution in [0.25, 0.3) is 0 Å². The molecule has 0 saturated heterocycles. The second kappa shape index (κ2) is 12.6. The summed E-state index contributed by atoms with van der Waals surface area (Å²) in [5.74, 6) is -0.966. The fourth-order valence-electron chi connectivity index (χ4n) is 4.20. The molecule has 8 nitrogen and oxygen atoms in total. The second-order valence-corrected chi connectivity index (χ2v) is 11.5. The predicted octanol–water partition coefficient (Wildman–Crippen LogP) is 4.75. The van der Waals surface area contributed by atoms with E-state index in [4.69, 9.17) is 4.74 Å². The number of hydrogen-bond donors (Lipinski definition) is 2. The van der Waals surface area contributed by atoms with Crippen LogP contribution in [0, 0.1) is 25.2 Å². The van der Waals surface area contributed by atoms with Crippen LogP contribution in [-0.2, 0) is 20.7 Å². The number of carbonyl (C=O) groups is 3. The third-order valence-electron chi connectivity index (χ3n) is 5.67. The smallest absolute Gasteiger partial charge is 0.408 e. The number of alkyl carbamates (subject to hydrolysis) is 1. The number of amides is 3. The van der Waals surface area contributed by atoms with Gasteiger partial charge in [0.2, 0.25) is 11.8 Å². The summed E-state index contributed by atoms with van der Waals surface area (Å²) < 4.78 is 5.43. The molecular formula is C30H40N4O4. The van der Waals surface area contributed by atoms with Gasteiger partial charge >= 0.3 is 6.09 Å². The highest BCUT2D eigenvalue weighted by Crippen LogP contribution is 2.29. The molecule has 0 spiro atoms. The summed E-state index contributed by atoms with van der Waals surface area (Å²) in [5.41, 5.74) is 1.73. The fraction of sp³-hybridized carbons (Fsp3) is 0.467. The lowest BCUT2D eigenvalue weighted by atomic mass is 9.92. The highest BCUT2D eigenvalue weighted by Gasteiger charge is 2.38. The molecule has 2 unspecified atom stereocenters. The molecule has 204 valence electrons. The number of rotatable bonds is 8. The van der Waals surface area contributed by atoms with Crippen LogP contribution >= 0.6 is 0 Å². The van der Waals surface area contributed by atoms with E-state index in [1.165, 1.54) is 4.90 Å². The first-order valence-electron chi connectivity index (χ1n) is 12.7. The first-order chi connectivity index (χ1) is 17.6. The minimum absolute atomic E-state index is 0.154. The van der Waals surface area contributed by atoms with Gasteiger partial charge in [-0.3, -0.25) is 9.59 Å². The van der Waals surface area contributed by atoms with Gasteiger partial charge in [0.05, 0.1) is 6.07 Å². The van der Waals surface area contributed by atoms with Crippen molar-refractivity contribution in [3.8, 4) is 6.07 Å². The zero-order valence-corrected chi connectivity index (χ0v) is 23.7. The van der Waals surface area contributed by atoms with E-state index < -0.39 is 41.1 Å². The van der Waals surface area contributed by atoms with Crippen molar-refractivity contribution < 1.29 is 19.1 Å². The molecule has 2 rings (SSSR count). The van der Waals surface area contributed by atoms with Gasteiger partial charge in [0, 0.05) is 12.0 Å². The Hall–Kier alpha value is -3.86. The van der Waals surface area contributed by atoms with Gasteiger partial charge in [-0.1, -0.05) is 48.5 Å². The zero-order valence-electron chi connectivity index (χ0n) is 23.7. The predicted molar refractivity (Wildman–Crippen MR) is 147 cm³/mol. The van der Waals surface area contributed by atoms with Gasteiger partial charge in [0.15, 0.2) is 0 Å². The van der Waals surface area contributed by atoms with Gasteiger partial charge in [-0.15, -0.1) is 0 Å². The largest absolute Gasteiger partial charge is 0.444 e. The van der Waals surface area contributed by atoms with E-state index in [1.54, 1.807) is 20.8 Å². The van der Waals surface area contributed by atoms with Gasteiger partial charge < -0.3 is 20.3 Å². The summed E-state index contributed by atoms with van der Waals surface area (Å²) in [6.45, 7) is 14.1. The summed E-state index contributed by atoms with van der Waals surface area (Å²) in [6, 6.07) is 14.7. The lowest BCUT2D eigenvalue weighted by Gasteiger charge is -2.36. The third kappa shape index (κ3) is 8.91. The zero-order chi connectivity index (χ0) is 28.7. The molecule has 0 aliphatic heterocycles. The molecule has 2 aromatic rings. The van der Waals surface area contributed by atoms with Crippen molar-refractivity contribution in [2.45, 2.75) is 85.0 Å². The number of aryl methyl sites for hydroxylation is 2. The number of nitriles is 1. The number of nitrogens with zero attached hydrogens (tertiary/aromatic N) is 2. The SMILES string of the molecule is Cc1cccc(C)c1C(C(=O)NC(C)(C)C)N(CC#N)C(=O)C(Cc1ccccc1)NC(=O)OC(C)(C)C. The van der Waals surface area contributed by atoms with Gasteiger partial charge in [-0.2, -0.15) is 5.26 Å². The molecule has 0 radical (unpaired) electrons. The molecular weight excluding hydrogens is 480 g/mol. The van der Waals surface area contributed by atoms with E-state index in [2.05, 4.69) is 10.6 Å². The minimum atomic E-state index is -1.08. The number of ether oxygens (including phenoxy) is 1. The normalized spacial score (nSPS) is 13.0. The van der Waals surface area contributed by atoms with Crippen molar-refractivity contribution in [1.29, 1.82) is 5.26 Å². The minimum Gasteiger partial charge on any atom is -0.444 e. The van der Waals surface area contributed by atoms with Gasteiger partial charge in [-0.05, 0) is 77.6 Å². The summed E-state index contributed by atoms with van der Waals surface area (Å²) >= 11 is 0. The fourth-order valence-corrected chi connectivity index (χ4v) is 4.20. The van der Waals surface area contributed by atoms with E-state index in [-0.39, 0.29) is 13.0 Å². The maximum absolute atomic E-state index is 14.2. The lowest BCUT2D eigenvalue weighted by molar-refractivity contribution is -0.142. The summed E-state index contributed by atoms with van der Waals surface area (Å²) in [5, 5.41) is 15.4. The summed E-state index contributed by atoms with van der Waals surface area (Å²) in [4.78, 5) is 41.9. The van der Waals surface area contributed by atoms with Crippen molar-refractivity contribution in [1.82, 2.24) is 15.5 Å². The summed E-state index contributed by atoms with van der Waals surface area (Å²) in [6.07, 6.45) is -0.604. The highest BCUT2D eigenvalue weighted by atomic mass is 16.6. The Balaban J connectivity index is 2.61. The molecule has 2 aromatic carbocycles. The van der Waals surface area contributed by atoms with Crippen LogP contribution < -0.4 is 10.6 Å². The standard InChI is InChI=1S/C30H40N4O4/c1-20-13-12-14-21(2)24(20)25(26(35)33-29(3,4)5)34(18-17-31)27(36)23(19-22-15-10-9-11-16-22)32-28(37)38-30(6,7)8/h9-16,23,25H,18-19H2,1-8H3,(H,32,37)(H,33,35). The molecule has 3 amide bonds. The molecule has 0 saturated carbocycles. The monoisotopic (exact) mass is 520 g/mol. The number of nitrogens with one attached hydrogen (secondary N) is 2. The molecule has 0 heterocycles. The maximum atomic E-state index is 14.2. The van der Waals surface area contributed by atoms with Gasteiger partial charge in [0.1, 0.15) is 24.2 Å². The molecule has 0 aromatic heterocycles. The van der Waals surface area contributed by atoms with Crippen molar-refractivity contribution in [2.24, 2.45) is 0 Å². The molecule has 0 aliphatic rings. The second-order valence-electron chi connectivity index (χ2n) is 11.5. The quantitative estimate of drug-likeness (QED) is 0.488. The highest BCUT2D eigenvalue weighted by molar-refractivity contribution is 5.93. The molecule has 2 atom stereocenters. The van der Waals surface area contributed by atoms with E-state index in [0.717, 1.165) is 16.7 Å². The summed E-state index contributed by atoms with van der Waals surface area (Å²) in [7, 11) is 0. The first kappa shape index (κ1) is 30.4. The van der Waals surface area contributed by atoms with Crippen molar-refractivity contribution >= 4 is 17.9 Å². The van der Waals surface area contributed by atoms with E-state index in [9.17, 15) is 19.6 Å². The molecule has 2 N–H and O–H groups in total. The van der Waals surface area contributed by atoms with E-state index in [0.29, 0.717) is 5.56 Å². The Labute approximate surface area is 226 Å². The van der Waals surface area contributed by atoms with Crippen LogP contribution in [0.1, 0.15) is 69.8 Å².